The minimum absolute atomic E-state index is 0. The minimum atomic E-state index is -0.941. The highest BCUT2D eigenvalue weighted by Gasteiger charge is 2.45. The number of hydrogen-bond acceptors (Lipinski definition) is 6. The van der Waals surface area contributed by atoms with Gasteiger partial charge in [0.25, 0.3) is 11.8 Å². The van der Waals surface area contributed by atoms with Gasteiger partial charge < -0.3 is 11.1 Å². The second kappa shape index (κ2) is 14.1. The van der Waals surface area contributed by atoms with Gasteiger partial charge in [0.05, 0.1) is 11.1 Å². The molecule has 4 amide bonds. The van der Waals surface area contributed by atoms with Crippen molar-refractivity contribution in [2.24, 2.45) is 5.73 Å². The lowest BCUT2D eigenvalue weighted by atomic mass is 10.0. The Bertz CT molecular complexity index is 876. The monoisotopic (exact) mass is 492 g/mol. The molecule has 4 N–H and O–H groups in total. The zero-order chi connectivity index (χ0) is 23.6. The van der Waals surface area contributed by atoms with Crippen LogP contribution in [0.2, 0.25) is 0 Å². The third-order valence-electron chi connectivity index (χ3n) is 6.41. The molecule has 1 unspecified atom stereocenters. The highest BCUT2D eigenvalue weighted by atomic mass is 35.5. The van der Waals surface area contributed by atoms with Crippen molar-refractivity contribution >= 4 is 41.7 Å². The molecule has 2 aliphatic heterocycles. The minimum Gasteiger partial charge on any atom is -0.384 e. The molecule has 0 aromatic heterocycles. The lowest BCUT2D eigenvalue weighted by Gasteiger charge is -2.27. The zero-order valence-electron chi connectivity index (χ0n) is 19.8. The Labute approximate surface area is 207 Å². The molecule has 3 rings (SSSR count). The molecule has 1 saturated heterocycles. The van der Waals surface area contributed by atoms with Crippen molar-refractivity contribution in [3.8, 4) is 0 Å². The van der Waals surface area contributed by atoms with Gasteiger partial charge in [0, 0.05) is 18.7 Å². The second-order valence-electron chi connectivity index (χ2n) is 8.93. The summed E-state index contributed by atoms with van der Waals surface area (Å²) in [6.45, 7) is 1.51. The third kappa shape index (κ3) is 7.03. The Hall–Kier alpha value is -2.45. The quantitative estimate of drug-likeness (QED) is 0.268. The SMILES string of the molecule is Cl.NCCCCCCCCCCCCNc1cccc2c1C(=O)N(C1CCC(=O)NC1=O)C2=O. The van der Waals surface area contributed by atoms with E-state index in [0.29, 0.717) is 16.8 Å². The number of hydrogen-bond donors (Lipinski definition) is 3. The first-order valence-electron chi connectivity index (χ1n) is 12.3. The van der Waals surface area contributed by atoms with Crippen LogP contribution in [0.15, 0.2) is 18.2 Å². The molecule has 0 saturated carbocycles. The van der Waals surface area contributed by atoms with Gasteiger partial charge in [0.15, 0.2) is 0 Å². The Kier molecular flexibility index (Phi) is 11.5. The van der Waals surface area contributed by atoms with Gasteiger partial charge in [-0.2, -0.15) is 0 Å². The number of nitrogens with zero attached hydrogens (tertiary/aromatic N) is 1. The van der Waals surface area contributed by atoms with Gasteiger partial charge in [-0.15, -0.1) is 12.4 Å². The van der Waals surface area contributed by atoms with Crippen LogP contribution in [0, 0.1) is 0 Å². The van der Waals surface area contributed by atoms with Gasteiger partial charge in [-0.1, -0.05) is 57.4 Å². The van der Waals surface area contributed by atoms with E-state index in [2.05, 4.69) is 10.6 Å². The lowest BCUT2D eigenvalue weighted by Crippen LogP contribution is -2.54. The summed E-state index contributed by atoms with van der Waals surface area (Å²) < 4.78 is 0. The molecule has 34 heavy (non-hydrogen) atoms. The number of anilines is 1. The molecule has 0 radical (unpaired) electrons. The van der Waals surface area contributed by atoms with Gasteiger partial charge >= 0.3 is 0 Å². The number of imide groups is 2. The molecule has 0 aliphatic carbocycles. The van der Waals surface area contributed by atoms with Crippen LogP contribution in [-0.2, 0) is 9.59 Å². The Balaban J connectivity index is 0.00000408. The summed E-state index contributed by atoms with van der Waals surface area (Å²) in [5, 5.41) is 5.53. The molecular weight excluding hydrogens is 456 g/mol. The van der Waals surface area contributed by atoms with Crippen molar-refractivity contribution in [2.75, 3.05) is 18.4 Å². The number of nitrogens with two attached hydrogens (primary N) is 1. The molecule has 1 aromatic carbocycles. The van der Waals surface area contributed by atoms with E-state index in [0.717, 1.165) is 37.3 Å². The lowest BCUT2D eigenvalue weighted by molar-refractivity contribution is -0.136. The van der Waals surface area contributed by atoms with Gasteiger partial charge in [-0.25, -0.2) is 0 Å². The van der Waals surface area contributed by atoms with Crippen LogP contribution in [0.4, 0.5) is 5.69 Å². The van der Waals surface area contributed by atoms with Crippen molar-refractivity contribution in [1.82, 2.24) is 10.2 Å². The Morgan fingerprint density at radius 2 is 1.50 bits per heavy atom. The number of rotatable bonds is 14. The summed E-state index contributed by atoms with van der Waals surface area (Å²) in [5.74, 6) is -1.92. The van der Waals surface area contributed by atoms with E-state index in [1.807, 2.05) is 0 Å². The molecular formula is C25H37ClN4O4. The maximum absolute atomic E-state index is 13.1. The number of carbonyl (C=O) groups is 4. The van der Waals surface area contributed by atoms with E-state index in [1.54, 1.807) is 18.2 Å². The molecule has 8 nitrogen and oxygen atoms in total. The number of fused-ring (bicyclic) bond motifs is 1. The average Bonchev–Trinajstić information content (AvgIpc) is 3.05. The van der Waals surface area contributed by atoms with Crippen LogP contribution in [0.1, 0.15) is 97.8 Å². The first-order valence-corrected chi connectivity index (χ1v) is 12.3. The van der Waals surface area contributed by atoms with E-state index in [1.165, 1.54) is 44.9 Å². The molecule has 2 aliphatic rings. The van der Waals surface area contributed by atoms with Crippen molar-refractivity contribution in [3.05, 3.63) is 29.3 Å². The topological polar surface area (TPSA) is 122 Å². The summed E-state index contributed by atoms with van der Waals surface area (Å²) in [7, 11) is 0. The van der Waals surface area contributed by atoms with E-state index < -0.39 is 23.8 Å². The molecule has 0 spiro atoms. The summed E-state index contributed by atoms with van der Waals surface area (Å²) in [5.41, 5.74) is 6.76. The van der Waals surface area contributed by atoms with Gasteiger partial charge in [-0.3, -0.25) is 29.4 Å². The molecule has 1 fully saturated rings. The molecule has 1 atom stereocenters. The largest absolute Gasteiger partial charge is 0.384 e. The predicted molar refractivity (Wildman–Crippen MR) is 134 cm³/mol. The van der Waals surface area contributed by atoms with Crippen LogP contribution < -0.4 is 16.4 Å². The first-order chi connectivity index (χ1) is 16.0. The number of nitrogens with one attached hydrogen (secondary N) is 2. The smallest absolute Gasteiger partial charge is 0.264 e. The standard InChI is InChI=1S/C25H36N4O4.ClH/c26-16-9-7-5-3-1-2-4-6-8-10-17-27-19-13-11-12-18-22(19)25(33)29(24(18)32)20-14-15-21(30)28-23(20)31;/h11-13,20,27H,1-10,14-17,26H2,(H,28,30,31);1H. The summed E-state index contributed by atoms with van der Waals surface area (Å²) in [6, 6.07) is 4.21. The average molecular weight is 493 g/mol. The molecule has 1 aromatic rings. The van der Waals surface area contributed by atoms with E-state index in [9.17, 15) is 19.2 Å². The number of halogens is 1. The Morgan fingerprint density at radius 1 is 0.882 bits per heavy atom. The molecule has 9 heteroatoms. The number of amides is 4. The third-order valence-corrected chi connectivity index (χ3v) is 6.41. The van der Waals surface area contributed by atoms with Gasteiger partial charge in [0.1, 0.15) is 6.04 Å². The fourth-order valence-corrected chi connectivity index (χ4v) is 4.57. The highest BCUT2D eigenvalue weighted by Crippen LogP contribution is 2.32. The van der Waals surface area contributed by atoms with Crippen LogP contribution >= 0.6 is 12.4 Å². The number of benzene rings is 1. The molecule has 188 valence electrons. The van der Waals surface area contributed by atoms with E-state index in [4.69, 9.17) is 5.73 Å². The number of unbranched alkanes of at least 4 members (excludes halogenated alkanes) is 9. The summed E-state index contributed by atoms with van der Waals surface area (Å²) in [6.07, 6.45) is 12.3. The zero-order valence-corrected chi connectivity index (χ0v) is 20.6. The molecule has 2 heterocycles. The van der Waals surface area contributed by atoms with E-state index >= 15 is 0 Å². The number of carbonyl (C=O) groups excluding carboxylic acids is 4. The number of piperidine rings is 1. The maximum Gasteiger partial charge on any atom is 0.264 e. The summed E-state index contributed by atoms with van der Waals surface area (Å²) >= 11 is 0. The van der Waals surface area contributed by atoms with E-state index in [-0.39, 0.29) is 31.2 Å². The maximum atomic E-state index is 13.1. The van der Waals surface area contributed by atoms with Gasteiger partial charge in [0.2, 0.25) is 11.8 Å². The highest BCUT2D eigenvalue weighted by molar-refractivity contribution is 6.25. The van der Waals surface area contributed by atoms with Crippen molar-refractivity contribution in [1.29, 1.82) is 0 Å². The van der Waals surface area contributed by atoms with Crippen LogP contribution in [0.25, 0.3) is 0 Å². The van der Waals surface area contributed by atoms with Gasteiger partial charge in [-0.05, 0) is 37.9 Å². The van der Waals surface area contributed by atoms with Crippen LogP contribution in [0.5, 0.6) is 0 Å². The van der Waals surface area contributed by atoms with Crippen molar-refractivity contribution in [2.45, 2.75) is 83.1 Å². The molecule has 0 bridgehead atoms. The van der Waals surface area contributed by atoms with Crippen LogP contribution in [-0.4, -0.2) is 47.7 Å². The fourth-order valence-electron chi connectivity index (χ4n) is 4.57. The predicted octanol–water partition coefficient (Wildman–Crippen LogP) is 3.78. The summed E-state index contributed by atoms with van der Waals surface area (Å²) in [4.78, 5) is 50.6. The normalized spacial score (nSPS) is 17.4. The second-order valence-corrected chi connectivity index (χ2v) is 8.93. The van der Waals surface area contributed by atoms with Crippen LogP contribution in [0.3, 0.4) is 0 Å². The van der Waals surface area contributed by atoms with Crippen molar-refractivity contribution in [3.63, 3.8) is 0 Å². The fraction of sp³-hybridized carbons (Fsp3) is 0.600. The Morgan fingerprint density at radius 3 is 2.12 bits per heavy atom. The van der Waals surface area contributed by atoms with Crippen molar-refractivity contribution < 1.29 is 19.2 Å². The first kappa shape index (κ1) is 27.8.